The Balaban J connectivity index is 0.000000190. The molecule has 2 N–H and O–H groups in total. The maximum Gasteiger partial charge on any atom is 0.229 e. The van der Waals surface area contributed by atoms with Crippen LogP contribution < -0.4 is 15.1 Å². The van der Waals surface area contributed by atoms with Gasteiger partial charge in [0.1, 0.15) is 0 Å². The van der Waals surface area contributed by atoms with E-state index in [1.165, 1.54) is 11.3 Å². The van der Waals surface area contributed by atoms with Crippen molar-refractivity contribution in [3.63, 3.8) is 0 Å². The van der Waals surface area contributed by atoms with E-state index in [2.05, 4.69) is 62.9 Å². The van der Waals surface area contributed by atoms with Crippen molar-refractivity contribution >= 4 is 40.3 Å². The second-order valence-electron chi connectivity index (χ2n) is 9.32. The first-order valence-electron chi connectivity index (χ1n) is 13.7. The maximum atomic E-state index is 11.6. The zero-order chi connectivity index (χ0) is 26.7. The van der Waals surface area contributed by atoms with Crippen LogP contribution in [0.2, 0.25) is 0 Å². The number of nitrogens with zero attached hydrogens (tertiary/aromatic N) is 3. The summed E-state index contributed by atoms with van der Waals surface area (Å²) in [6, 6.07) is 26.7. The van der Waals surface area contributed by atoms with Gasteiger partial charge in [-0.05, 0) is 54.8 Å². The van der Waals surface area contributed by atoms with Crippen molar-refractivity contribution in [2.45, 2.75) is 26.7 Å². The van der Waals surface area contributed by atoms with Crippen LogP contribution in [0.25, 0.3) is 23.1 Å². The highest BCUT2D eigenvalue weighted by Gasteiger charge is 2.32. The largest absolute Gasteiger partial charge is 0.369 e. The molecule has 2 fully saturated rings. The lowest BCUT2D eigenvalue weighted by atomic mass is 10.1. The van der Waals surface area contributed by atoms with Gasteiger partial charge in [0.05, 0.1) is 11.2 Å². The summed E-state index contributed by atoms with van der Waals surface area (Å²) in [6.07, 6.45) is 6.31. The summed E-state index contributed by atoms with van der Waals surface area (Å²) < 4.78 is 0. The van der Waals surface area contributed by atoms with Gasteiger partial charge in [0, 0.05) is 55.9 Å². The van der Waals surface area contributed by atoms with Crippen LogP contribution in [0.1, 0.15) is 37.9 Å². The van der Waals surface area contributed by atoms with Crippen molar-refractivity contribution in [2.75, 3.05) is 43.0 Å². The Morgan fingerprint density at radius 2 is 1.55 bits per heavy atom. The molecule has 0 atom stereocenters. The number of carbonyl (C=O) groups is 1. The Hall–Kier alpha value is -3.90. The fourth-order valence-electron chi connectivity index (χ4n) is 4.39. The fourth-order valence-corrected chi connectivity index (χ4v) is 4.39. The minimum Gasteiger partial charge on any atom is -0.369 e. The smallest absolute Gasteiger partial charge is 0.229 e. The predicted octanol–water partition coefficient (Wildman–Crippen LogP) is 6.23. The molecule has 6 nitrogen and oxygen atoms in total. The average molecular weight is 510 g/mol. The molecule has 6 rings (SSSR count). The third-order valence-corrected chi connectivity index (χ3v) is 6.71. The molecule has 38 heavy (non-hydrogen) atoms. The molecule has 2 heterocycles. The van der Waals surface area contributed by atoms with E-state index in [-0.39, 0.29) is 5.91 Å². The number of aromatic nitrogens is 2. The minimum atomic E-state index is 0.256. The third kappa shape index (κ3) is 7.11. The number of aromatic amines is 1. The number of fused-ring (bicyclic) bond motifs is 1. The van der Waals surface area contributed by atoms with Crippen molar-refractivity contribution in [3.05, 3.63) is 90.1 Å². The molecule has 0 radical (unpaired) electrons. The molecule has 4 aromatic rings. The molecule has 2 aliphatic rings. The van der Waals surface area contributed by atoms with Gasteiger partial charge in [-0.3, -0.25) is 9.89 Å². The Bertz CT molecular complexity index is 1300. The molecule has 1 aromatic heterocycles. The van der Waals surface area contributed by atoms with Crippen molar-refractivity contribution in [1.82, 2.24) is 15.5 Å². The van der Waals surface area contributed by atoms with E-state index in [9.17, 15) is 4.79 Å². The van der Waals surface area contributed by atoms with Gasteiger partial charge in [0.15, 0.2) is 0 Å². The Morgan fingerprint density at radius 3 is 2.24 bits per heavy atom. The second-order valence-corrected chi connectivity index (χ2v) is 9.32. The van der Waals surface area contributed by atoms with Crippen LogP contribution in [-0.2, 0) is 4.79 Å². The zero-order valence-corrected chi connectivity index (χ0v) is 22.7. The second kappa shape index (κ2) is 13.6. The van der Waals surface area contributed by atoms with Gasteiger partial charge in [-0.25, -0.2) is 0 Å². The third-order valence-electron chi connectivity index (χ3n) is 6.71. The normalized spacial score (nSPS) is 14.9. The van der Waals surface area contributed by atoms with Crippen LogP contribution in [0.5, 0.6) is 0 Å². The van der Waals surface area contributed by atoms with Gasteiger partial charge in [-0.1, -0.05) is 68.5 Å². The molecule has 1 saturated carbocycles. The molecule has 1 aliphatic heterocycles. The standard InChI is InChI=1S/C19H20N4.C11H13NO.C2H6/c1-2-4-18-17(3-1)19(22-21-18)10-7-15-5-8-16(9-6-15)23-13-11-20-12-14-23;1-12(11(13)9-7-8-9)10-5-3-2-4-6-10;1-2/h1-10,20H,11-14H2,(H,21,22);2-6,9H,7-8H2,1H3;1-2H3/b10-7+;;. The molecule has 198 valence electrons. The van der Waals surface area contributed by atoms with E-state index in [0.29, 0.717) is 5.92 Å². The van der Waals surface area contributed by atoms with Gasteiger partial charge in [-0.15, -0.1) is 0 Å². The number of nitrogens with one attached hydrogen (secondary N) is 2. The molecule has 3 aromatic carbocycles. The summed E-state index contributed by atoms with van der Waals surface area (Å²) in [7, 11) is 1.84. The quantitative estimate of drug-likeness (QED) is 0.335. The molecular weight excluding hydrogens is 470 g/mol. The number of para-hydroxylation sites is 2. The molecule has 0 spiro atoms. The molecule has 1 saturated heterocycles. The lowest BCUT2D eigenvalue weighted by Crippen LogP contribution is -2.43. The molecule has 0 bridgehead atoms. The first-order valence-corrected chi connectivity index (χ1v) is 13.7. The van der Waals surface area contributed by atoms with Gasteiger partial charge in [0.2, 0.25) is 5.91 Å². The highest BCUT2D eigenvalue weighted by molar-refractivity contribution is 5.95. The number of hydrogen-bond acceptors (Lipinski definition) is 4. The molecular formula is C32H39N5O. The summed E-state index contributed by atoms with van der Waals surface area (Å²) >= 11 is 0. The van der Waals surface area contributed by atoms with E-state index in [1.807, 2.05) is 69.4 Å². The number of rotatable bonds is 5. The molecule has 6 heteroatoms. The first kappa shape index (κ1) is 27.1. The van der Waals surface area contributed by atoms with Crippen molar-refractivity contribution < 1.29 is 4.79 Å². The SMILES string of the molecule is C(=C\c1n[nH]c2ccccc12)/c1ccc(N2CCNCC2)cc1.CC.CN(C(=O)C1CC1)c1ccccc1. The zero-order valence-electron chi connectivity index (χ0n) is 22.7. The van der Waals surface area contributed by atoms with Crippen LogP contribution in [0.4, 0.5) is 11.4 Å². The van der Waals surface area contributed by atoms with Crippen molar-refractivity contribution in [1.29, 1.82) is 0 Å². The Labute approximate surface area is 226 Å². The van der Waals surface area contributed by atoms with E-state index in [4.69, 9.17) is 0 Å². The highest BCUT2D eigenvalue weighted by atomic mass is 16.2. The van der Waals surface area contributed by atoms with Crippen LogP contribution in [0, 0.1) is 5.92 Å². The number of carbonyl (C=O) groups excluding carboxylic acids is 1. The van der Waals surface area contributed by atoms with Crippen LogP contribution in [-0.4, -0.2) is 49.3 Å². The number of amides is 1. The number of benzene rings is 3. The Kier molecular flexibility index (Phi) is 9.71. The summed E-state index contributed by atoms with van der Waals surface area (Å²) in [5.74, 6) is 0.552. The molecule has 0 unspecified atom stereocenters. The van der Waals surface area contributed by atoms with Crippen LogP contribution in [0.15, 0.2) is 78.9 Å². The van der Waals surface area contributed by atoms with E-state index in [1.54, 1.807) is 4.90 Å². The summed E-state index contributed by atoms with van der Waals surface area (Å²) in [4.78, 5) is 15.8. The lowest BCUT2D eigenvalue weighted by molar-refractivity contribution is -0.119. The minimum absolute atomic E-state index is 0.256. The summed E-state index contributed by atoms with van der Waals surface area (Å²) in [5, 5.41) is 12.0. The average Bonchev–Trinajstić information content (AvgIpc) is 3.78. The van der Waals surface area contributed by atoms with E-state index >= 15 is 0 Å². The highest BCUT2D eigenvalue weighted by Crippen LogP contribution is 2.32. The topological polar surface area (TPSA) is 64.3 Å². The van der Waals surface area contributed by atoms with Gasteiger partial charge < -0.3 is 15.1 Å². The summed E-state index contributed by atoms with van der Waals surface area (Å²) in [5.41, 5.74) is 5.53. The van der Waals surface area contributed by atoms with E-state index in [0.717, 1.165) is 61.3 Å². The lowest BCUT2D eigenvalue weighted by Gasteiger charge is -2.29. The molecule has 1 amide bonds. The van der Waals surface area contributed by atoms with Crippen molar-refractivity contribution in [2.24, 2.45) is 5.92 Å². The van der Waals surface area contributed by atoms with Gasteiger partial charge in [0.25, 0.3) is 0 Å². The molecule has 1 aliphatic carbocycles. The predicted molar refractivity (Wildman–Crippen MR) is 160 cm³/mol. The number of H-pyrrole nitrogens is 1. The fraction of sp³-hybridized carbons (Fsp3) is 0.312. The monoisotopic (exact) mass is 509 g/mol. The number of anilines is 2. The van der Waals surface area contributed by atoms with Gasteiger partial charge in [-0.2, -0.15) is 5.10 Å². The Morgan fingerprint density at radius 1 is 0.895 bits per heavy atom. The van der Waals surface area contributed by atoms with Crippen LogP contribution >= 0.6 is 0 Å². The summed E-state index contributed by atoms with van der Waals surface area (Å²) in [6.45, 7) is 8.28. The first-order chi connectivity index (χ1) is 18.7. The number of piperazine rings is 1. The number of hydrogen-bond donors (Lipinski definition) is 2. The van der Waals surface area contributed by atoms with Gasteiger partial charge >= 0.3 is 0 Å². The van der Waals surface area contributed by atoms with E-state index < -0.39 is 0 Å². The van der Waals surface area contributed by atoms with Crippen molar-refractivity contribution in [3.8, 4) is 0 Å². The maximum absolute atomic E-state index is 11.6. The van der Waals surface area contributed by atoms with Crippen LogP contribution in [0.3, 0.4) is 0 Å².